The first-order valence-corrected chi connectivity index (χ1v) is 16.0. The molecule has 0 saturated heterocycles. The highest BCUT2D eigenvalue weighted by Crippen LogP contribution is 2.63. The number of carbonyl (C=O) groups excluding carboxylic acids is 3. The topological polar surface area (TPSA) is 82.1 Å². The SMILES string of the molecule is C[C@@H]1[C@@H](OC(=O)N(C(=O)O[C@H]2C[C@H]3C[C@@H]([C@@H]2C)C3(C)C)C(=O)O[C@H]2C[C@H]3C[C@@H]([C@@H]2C)C3(C)C)C[C@H]2C[C@@H]1C2(C)C. The van der Waals surface area contributed by atoms with Crippen LogP contribution in [0.3, 0.4) is 0 Å². The van der Waals surface area contributed by atoms with Crippen LogP contribution in [-0.2, 0) is 14.2 Å². The molecule has 0 aromatic carbocycles. The second kappa shape index (κ2) is 9.10. The molecule has 0 unspecified atom stereocenters. The maximum atomic E-state index is 13.6. The number of hydrogen-bond acceptors (Lipinski definition) is 6. The minimum Gasteiger partial charge on any atom is -0.445 e. The summed E-state index contributed by atoms with van der Waals surface area (Å²) in [5.74, 6) is 3.34. The number of nitrogens with zero attached hydrogens (tertiary/aromatic N) is 1. The molecule has 3 amide bonds. The van der Waals surface area contributed by atoms with Gasteiger partial charge in [0.25, 0.3) is 0 Å². The Bertz CT molecular complexity index is 948. The fourth-order valence-electron chi connectivity index (χ4n) is 10.5. The van der Waals surface area contributed by atoms with E-state index in [2.05, 4.69) is 62.3 Å². The van der Waals surface area contributed by atoms with Gasteiger partial charge < -0.3 is 14.2 Å². The van der Waals surface area contributed by atoms with Gasteiger partial charge in [0.05, 0.1) is 0 Å². The molecule has 9 aliphatic rings. The highest BCUT2D eigenvalue weighted by atomic mass is 16.6. The van der Waals surface area contributed by atoms with Crippen LogP contribution in [0.1, 0.15) is 101 Å². The van der Waals surface area contributed by atoms with Crippen molar-refractivity contribution in [3.05, 3.63) is 0 Å². The molecule has 0 aliphatic heterocycles. The third kappa shape index (κ3) is 3.98. The van der Waals surface area contributed by atoms with Crippen molar-refractivity contribution in [1.82, 2.24) is 4.90 Å². The average molecular weight is 558 g/mol. The van der Waals surface area contributed by atoms with Crippen LogP contribution in [0.25, 0.3) is 0 Å². The summed E-state index contributed by atoms with van der Waals surface area (Å²) in [7, 11) is 0. The molecule has 7 nitrogen and oxygen atoms in total. The number of fused-ring (bicyclic) bond motifs is 6. The Hall–Kier alpha value is -1.79. The van der Waals surface area contributed by atoms with Crippen LogP contribution in [0.4, 0.5) is 14.4 Å². The van der Waals surface area contributed by atoms with E-state index in [-0.39, 0.29) is 52.3 Å². The van der Waals surface area contributed by atoms with E-state index in [1.165, 1.54) is 0 Å². The largest absolute Gasteiger partial charge is 0.445 e. The predicted molar refractivity (Wildman–Crippen MR) is 150 cm³/mol. The van der Waals surface area contributed by atoms with Crippen molar-refractivity contribution in [2.75, 3.05) is 0 Å². The minimum atomic E-state index is -0.950. The van der Waals surface area contributed by atoms with Crippen molar-refractivity contribution < 1.29 is 28.6 Å². The number of ether oxygens (including phenoxy) is 3. The second-order valence-electron chi connectivity index (χ2n) is 16.5. The highest BCUT2D eigenvalue weighted by molar-refractivity contribution is 6.04. The fraction of sp³-hybridized carbons (Fsp3) is 0.909. The van der Waals surface area contributed by atoms with E-state index in [9.17, 15) is 14.4 Å². The maximum absolute atomic E-state index is 13.6. The molecule has 0 aromatic heterocycles. The molecule has 12 atom stereocenters. The van der Waals surface area contributed by atoms with Crippen LogP contribution >= 0.6 is 0 Å². The van der Waals surface area contributed by atoms with Gasteiger partial charge in [-0.25, -0.2) is 14.4 Å². The van der Waals surface area contributed by atoms with Gasteiger partial charge in [0, 0.05) is 0 Å². The van der Waals surface area contributed by atoms with Crippen LogP contribution in [0, 0.1) is 69.5 Å². The van der Waals surface area contributed by atoms with Crippen LogP contribution < -0.4 is 0 Å². The lowest BCUT2D eigenvalue weighted by molar-refractivity contribution is -0.165. The summed E-state index contributed by atoms with van der Waals surface area (Å²) in [6.07, 6.45) is 1.88. The van der Waals surface area contributed by atoms with Crippen molar-refractivity contribution >= 4 is 18.3 Å². The van der Waals surface area contributed by atoms with Gasteiger partial charge in [-0.05, 0) is 108 Å². The number of carbonyl (C=O) groups is 3. The van der Waals surface area contributed by atoms with E-state index >= 15 is 0 Å². The third-order valence-electron chi connectivity index (χ3n) is 14.2. The first-order chi connectivity index (χ1) is 18.5. The van der Waals surface area contributed by atoms with E-state index in [0.29, 0.717) is 40.4 Å². The monoisotopic (exact) mass is 557 g/mol. The zero-order valence-electron chi connectivity index (χ0n) is 26.1. The Balaban J connectivity index is 1.17. The summed E-state index contributed by atoms with van der Waals surface area (Å²) < 4.78 is 17.8. The second-order valence-corrected chi connectivity index (χ2v) is 16.5. The van der Waals surface area contributed by atoms with Gasteiger partial charge in [0.15, 0.2) is 0 Å². The highest BCUT2D eigenvalue weighted by Gasteiger charge is 2.60. The number of rotatable bonds is 3. The smallest absolute Gasteiger partial charge is 0.429 e. The van der Waals surface area contributed by atoms with Gasteiger partial charge in [-0.3, -0.25) is 0 Å². The lowest BCUT2D eigenvalue weighted by Gasteiger charge is -2.61. The van der Waals surface area contributed by atoms with Crippen molar-refractivity contribution in [3.63, 3.8) is 0 Å². The van der Waals surface area contributed by atoms with Crippen molar-refractivity contribution in [1.29, 1.82) is 0 Å². The van der Waals surface area contributed by atoms with Crippen LogP contribution in [-0.4, -0.2) is 41.5 Å². The molecular formula is C33H51NO6. The molecule has 0 aromatic rings. The molecule has 9 rings (SSSR count). The summed E-state index contributed by atoms with van der Waals surface area (Å²) in [6.45, 7) is 20.1. The van der Waals surface area contributed by atoms with E-state index in [4.69, 9.17) is 14.2 Å². The number of hydrogen-bond donors (Lipinski definition) is 0. The van der Waals surface area contributed by atoms with Crippen LogP contribution in [0.15, 0.2) is 0 Å². The molecule has 9 aliphatic carbocycles. The quantitative estimate of drug-likeness (QED) is 0.328. The summed E-state index contributed by atoms with van der Waals surface area (Å²) in [5.41, 5.74) is 0.700. The van der Waals surface area contributed by atoms with E-state index < -0.39 is 18.3 Å². The van der Waals surface area contributed by atoms with Gasteiger partial charge in [-0.1, -0.05) is 62.3 Å². The van der Waals surface area contributed by atoms with E-state index in [1.54, 1.807) is 0 Å². The minimum absolute atomic E-state index is 0.165. The number of amides is 3. The lowest BCUT2D eigenvalue weighted by atomic mass is 9.45. The first kappa shape index (κ1) is 28.3. The van der Waals surface area contributed by atoms with Gasteiger partial charge in [-0.2, -0.15) is 0 Å². The third-order valence-corrected chi connectivity index (χ3v) is 14.2. The number of imide groups is 3. The normalized spacial score (nSPS) is 46.4. The van der Waals surface area contributed by atoms with Crippen molar-refractivity contribution in [3.8, 4) is 0 Å². The molecule has 40 heavy (non-hydrogen) atoms. The standard InChI is InChI=1S/C33H51NO6/c1-16-22-10-19(31(22,4)5)13-25(16)38-28(35)34(29(36)39-26-14-20-11-23(17(26)2)32(20,6)7)30(37)40-27-15-21-12-24(18(27)3)33(21,8)9/h16-27H,10-15H2,1-9H3/t16-,17-,18-,19+,20+,21+,22-,23-,24-,25-,26-,27-/m0/s1. The lowest BCUT2D eigenvalue weighted by Crippen LogP contribution is -2.60. The summed E-state index contributed by atoms with van der Waals surface area (Å²) in [5, 5.41) is 0. The predicted octanol–water partition coefficient (Wildman–Crippen LogP) is 7.91. The Morgan fingerprint density at radius 1 is 0.500 bits per heavy atom. The summed E-state index contributed by atoms with van der Waals surface area (Å²) in [4.78, 5) is 41.4. The van der Waals surface area contributed by atoms with Gasteiger partial charge in [0.2, 0.25) is 0 Å². The van der Waals surface area contributed by atoms with Gasteiger partial charge in [0.1, 0.15) is 18.3 Å². The molecule has 0 spiro atoms. The van der Waals surface area contributed by atoms with Crippen molar-refractivity contribution in [2.24, 2.45) is 69.5 Å². The molecule has 7 heteroatoms. The molecule has 224 valence electrons. The summed E-state index contributed by atoms with van der Waals surface area (Å²) >= 11 is 0. The first-order valence-electron chi connectivity index (χ1n) is 16.0. The molecule has 0 heterocycles. The molecule has 6 bridgehead atoms. The zero-order valence-corrected chi connectivity index (χ0v) is 26.1. The average Bonchev–Trinajstić information content (AvgIpc) is 2.86. The maximum Gasteiger partial charge on any atom is 0.429 e. The fourth-order valence-corrected chi connectivity index (χ4v) is 10.5. The van der Waals surface area contributed by atoms with Gasteiger partial charge in [-0.15, -0.1) is 4.90 Å². The Labute approximate surface area is 240 Å². The molecule has 0 N–H and O–H groups in total. The molecule has 9 fully saturated rings. The zero-order chi connectivity index (χ0) is 29.1. The van der Waals surface area contributed by atoms with Gasteiger partial charge >= 0.3 is 18.3 Å². The van der Waals surface area contributed by atoms with Crippen LogP contribution in [0.2, 0.25) is 0 Å². The molecular weight excluding hydrogens is 506 g/mol. The van der Waals surface area contributed by atoms with E-state index in [1.807, 2.05) is 0 Å². The van der Waals surface area contributed by atoms with E-state index in [0.717, 1.165) is 38.5 Å². The molecule has 0 radical (unpaired) electrons. The van der Waals surface area contributed by atoms with Crippen LogP contribution in [0.5, 0.6) is 0 Å². The Morgan fingerprint density at radius 3 is 0.950 bits per heavy atom. The Kier molecular flexibility index (Phi) is 6.45. The van der Waals surface area contributed by atoms with Crippen molar-refractivity contribution in [2.45, 2.75) is 119 Å². The Morgan fingerprint density at radius 2 is 0.750 bits per heavy atom. The summed E-state index contributed by atoms with van der Waals surface area (Å²) in [6, 6.07) is 0. The molecule has 9 saturated carbocycles.